The summed E-state index contributed by atoms with van der Waals surface area (Å²) in [5.41, 5.74) is 0. The van der Waals surface area contributed by atoms with Gasteiger partial charge in [0.25, 0.3) is 0 Å². The number of amides is 2. The second-order valence-corrected chi connectivity index (χ2v) is 5.34. The minimum absolute atomic E-state index is 0.184. The number of urea groups is 1. The number of piperidine rings is 1. The Hall–Kier alpha value is -1.26. The van der Waals surface area contributed by atoms with Crippen molar-refractivity contribution in [2.75, 3.05) is 26.2 Å². The van der Waals surface area contributed by atoms with Gasteiger partial charge in [-0.3, -0.25) is 4.79 Å². The fourth-order valence-electron chi connectivity index (χ4n) is 2.85. The third-order valence-corrected chi connectivity index (χ3v) is 4.03. The van der Waals surface area contributed by atoms with E-state index in [1.54, 1.807) is 0 Å². The van der Waals surface area contributed by atoms with E-state index in [0.717, 1.165) is 58.3 Å². The van der Waals surface area contributed by atoms with Crippen molar-refractivity contribution < 1.29 is 14.7 Å². The van der Waals surface area contributed by atoms with Gasteiger partial charge in [-0.25, -0.2) is 4.79 Å². The van der Waals surface area contributed by atoms with Crippen molar-refractivity contribution in [3.63, 3.8) is 0 Å². The van der Waals surface area contributed by atoms with Crippen molar-refractivity contribution in [2.45, 2.75) is 38.5 Å². The zero-order valence-electron chi connectivity index (χ0n) is 10.8. The van der Waals surface area contributed by atoms with Crippen molar-refractivity contribution in [3.05, 3.63) is 0 Å². The van der Waals surface area contributed by atoms with E-state index in [0.29, 0.717) is 5.92 Å². The summed E-state index contributed by atoms with van der Waals surface area (Å²) in [6.45, 7) is 3.38. The average molecular weight is 254 g/mol. The number of carboxylic acids is 1. The summed E-state index contributed by atoms with van der Waals surface area (Å²) >= 11 is 0. The normalized spacial score (nSPS) is 21.3. The Kier molecular flexibility index (Phi) is 4.44. The molecule has 2 heterocycles. The first-order valence-electron chi connectivity index (χ1n) is 6.92. The molecular formula is C13H22N2O3. The second-order valence-electron chi connectivity index (χ2n) is 5.34. The van der Waals surface area contributed by atoms with Gasteiger partial charge in [0, 0.05) is 32.6 Å². The maximum absolute atomic E-state index is 12.1. The van der Waals surface area contributed by atoms with Gasteiger partial charge in [0.2, 0.25) is 0 Å². The maximum atomic E-state index is 12.1. The molecule has 0 aliphatic carbocycles. The highest BCUT2D eigenvalue weighted by Gasteiger charge is 2.27. The number of hydrogen-bond donors (Lipinski definition) is 1. The quantitative estimate of drug-likeness (QED) is 0.835. The molecule has 2 saturated heterocycles. The molecule has 0 aromatic carbocycles. The molecule has 0 aromatic heterocycles. The van der Waals surface area contributed by atoms with Gasteiger partial charge in [0.05, 0.1) is 0 Å². The maximum Gasteiger partial charge on any atom is 0.319 e. The van der Waals surface area contributed by atoms with Gasteiger partial charge in [0.15, 0.2) is 0 Å². The van der Waals surface area contributed by atoms with Crippen LogP contribution in [0, 0.1) is 5.92 Å². The van der Waals surface area contributed by atoms with Gasteiger partial charge in [-0.2, -0.15) is 0 Å². The van der Waals surface area contributed by atoms with Crippen LogP contribution in [0.3, 0.4) is 0 Å². The van der Waals surface area contributed by atoms with E-state index < -0.39 is 5.97 Å². The Morgan fingerprint density at radius 3 is 2.11 bits per heavy atom. The molecule has 2 aliphatic rings. The molecule has 1 N–H and O–H groups in total. The van der Waals surface area contributed by atoms with Crippen molar-refractivity contribution in [1.82, 2.24) is 9.80 Å². The molecule has 0 spiro atoms. The second kappa shape index (κ2) is 6.07. The smallest absolute Gasteiger partial charge is 0.319 e. The van der Waals surface area contributed by atoms with E-state index in [9.17, 15) is 9.59 Å². The summed E-state index contributed by atoms with van der Waals surface area (Å²) in [5, 5.41) is 8.66. The van der Waals surface area contributed by atoms with Crippen LogP contribution in [0.5, 0.6) is 0 Å². The Morgan fingerprint density at radius 2 is 1.56 bits per heavy atom. The summed E-state index contributed by atoms with van der Waals surface area (Å²) in [5.74, 6) is -0.241. The average Bonchev–Trinajstić information content (AvgIpc) is 2.90. The lowest BCUT2D eigenvalue weighted by Gasteiger charge is -2.34. The third kappa shape index (κ3) is 3.37. The number of aliphatic carboxylic acids is 1. The Bertz CT molecular complexity index is 305. The molecule has 5 nitrogen and oxygen atoms in total. The Morgan fingerprint density at radius 1 is 1.00 bits per heavy atom. The molecule has 2 aliphatic heterocycles. The van der Waals surface area contributed by atoms with Crippen LogP contribution in [0.25, 0.3) is 0 Å². The van der Waals surface area contributed by atoms with Gasteiger partial charge in [-0.1, -0.05) is 0 Å². The zero-order chi connectivity index (χ0) is 13.0. The lowest BCUT2D eigenvalue weighted by atomic mass is 9.92. The fourth-order valence-corrected chi connectivity index (χ4v) is 2.85. The largest absolute Gasteiger partial charge is 0.481 e. The van der Waals surface area contributed by atoms with Crippen LogP contribution in [-0.4, -0.2) is 53.1 Å². The Labute approximate surface area is 108 Å². The van der Waals surface area contributed by atoms with Crippen LogP contribution in [0.1, 0.15) is 38.5 Å². The van der Waals surface area contributed by atoms with Gasteiger partial charge >= 0.3 is 12.0 Å². The SMILES string of the molecule is O=C(O)CCC1CCN(C(=O)N2CCCC2)CC1. The molecule has 2 amide bonds. The molecule has 0 unspecified atom stereocenters. The lowest BCUT2D eigenvalue weighted by molar-refractivity contribution is -0.137. The number of likely N-dealkylation sites (tertiary alicyclic amines) is 2. The lowest BCUT2D eigenvalue weighted by Crippen LogP contribution is -2.45. The molecule has 0 atom stereocenters. The highest BCUT2D eigenvalue weighted by Crippen LogP contribution is 2.23. The van der Waals surface area contributed by atoms with E-state index in [-0.39, 0.29) is 12.5 Å². The summed E-state index contributed by atoms with van der Waals surface area (Å²) in [6.07, 6.45) is 5.16. The van der Waals surface area contributed by atoms with E-state index in [1.165, 1.54) is 0 Å². The monoisotopic (exact) mass is 254 g/mol. The summed E-state index contributed by atoms with van der Waals surface area (Å²) < 4.78 is 0. The van der Waals surface area contributed by atoms with E-state index in [4.69, 9.17) is 5.11 Å². The number of carbonyl (C=O) groups excluding carboxylic acids is 1. The highest BCUT2D eigenvalue weighted by molar-refractivity contribution is 5.74. The number of hydrogen-bond acceptors (Lipinski definition) is 2. The van der Waals surface area contributed by atoms with Crippen molar-refractivity contribution >= 4 is 12.0 Å². The predicted octanol–water partition coefficient (Wildman–Crippen LogP) is 1.78. The van der Waals surface area contributed by atoms with Crippen LogP contribution >= 0.6 is 0 Å². The predicted molar refractivity (Wildman–Crippen MR) is 67.4 cm³/mol. The molecule has 0 saturated carbocycles. The topological polar surface area (TPSA) is 60.9 Å². The molecule has 0 aromatic rings. The minimum Gasteiger partial charge on any atom is -0.481 e. The first-order valence-corrected chi connectivity index (χ1v) is 6.92. The fraction of sp³-hybridized carbons (Fsp3) is 0.846. The van der Waals surface area contributed by atoms with Gasteiger partial charge in [-0.05, 0) is 38.0 Å². The third-order valence-electron chi connectivity index (χ3n) is 4.03. The molecule has 18 heavy (non-hydrogen) atoms. The number of rotatable bonds is 3. The molecule has 5 heteroatoms. The van der Waals surface area contributed by atoms with Crippen LogP contribution in [0.4, 0.5) is 4.79 Å². The van der Waals surface area contributed by atoms with Crippen LogP contribution in [0.2, 0.25) is 0 Å². The van der Waals surface area contributed by atoms with Crippen LogP contribution < -0.4 is 0 Å². The highest BCUT2D eigenvalue weighted by atomic mass is 16.4. The molecule has 0 radical (unpaired) electrons. The van der Waals surface area contributed by atoms with E-state index in [2.05, 4.69) is 0 Å². The summed E-state index contributed by atoms with van der Waals surface area (Å²) in [7, 11) is 0. The number of carboxylic acid groups (broad SMARTS) is 1. The standard InChI is InChI=1S/C13H22N2O3/c16-12(17)4-3-11-5-9-15(10-6-11)13(18)14-7-1-2-8-14/h11H,1-10H2,(H,16,17). The zero-order valence-corrected chi connectivity index (χ0v) is 10.8. The molecular weight excluding hydrogens is 232 g/mol. The van der Waals surface area contributed by atoms with E-state index in [1.807, 2.05) is 9.80 Å². The van der Waals surface area contributed by atoms with Crippen molar-refractivity contribution in [2.24, 2.45) is 5.92 Å². The van der Waals surface area contributed by atoms with Crippen molar-refractivity contribution in [1.29, 1.82) is 0 Å². The summed E-state index contributed by atoms with van der Waals surface area (Å²) in [6, 6.07) is 0.184. The minimum atomic E-state index is -0.717. The van der Waals surface area contributed by atoms with Gasteiger partial charge in [-0.15, -0.1) is 0 Å². The van der Waals surface area contributed by atoms with E-state index >= 15 is 0 Å². The van der Waals surface area contributed by atoms with Crippen molar-refractivity contribution in [3.8, 4) is 0 Å². The molecule has 2 fully saturated rings. The first-order chi connectivity index (χ1) is 8.66. The molecule has 2 rings (SSSR count). The van der Waals surface area contributed by atoms with Gasteiger partial charge < -0.3 is 14.9 Å². The number of nitrogens with zero attached hydrogens (tertiary/aromatic N) is 2. The van der Waals surface area contributed by atoms with Gasteiger partial charge in [0.1, 0.15) is 0 Å². The number of carbonyl (C=O) groups is 2. The van der Waals surface area contributed by atoms with Crippen LogP contribution in [0.15, 0.2) is 0 Å². The Balaban J connectivity index is 1.72. The first kappa shape index (κ1) is 13.2. The molecule has 102 valence electrons. The summed E-state index contributed by atoms with van der Waals surface area (Å²) in [4.78, 5) is 26.5. The molecule has 0 bridgehead atoms. The van der Waals surface area contributed by atoms with Crippen LogP contribution in [-0.2, 0) is 4.79 Å².